The van der Waals surface area contributed by atoms with Crippen molar-refractivity contribution < 1.29 is 14.2 Å². The number of ether oxygens (including phenoxy) is 3. The fourth-order valence-electron chi connectivity index (χ4n) is 3.36. The van der Waals surface area contributed by atoms with E-state index in [9.17, 15) is 0 Å². The quantitative estimate of drug-likeness (QED) is 0.775. The van der Waals surface area contributed by atoms with Gasteiger partial charge in [-0.2, -0.15) is 0 Å². The van der Waals surface area contributed by atoms with Crippen molar-refractivity contribution in [2.75, 3.05) is 0 Å². The van der Waals surface area contributed by atoms with E-state index in [1.165, 1.54) is 11.1 Å². The molecule has 1 aromatic carbocycles. The van der Waals surface area contributed by atoms with Crippen LogP contribution < -0.4 is 0 Å². The lowest BCUT2D eigenvalue weighted by Gasteiger charge is -2.27. The molecular weight excluding hydrogens is 240 g/mol. The van der Waals surface area contributed by atoms with Crippen LogP contribution in [0.1, 0.15) is 25.8 Å². The highest BCUT2D eigenvalue weighted by Gasteiger charge is 2.55. The molecule has 3 aliphatic heterocycles. The molecule has 0 saturated carbocycles. The summed E-state index contributed by atoms with van der Waals surface area (Å²) in [4.78, 5) is 0. The van der Waals surface area contributed by atoms with Gasteiger partial charge in [-0.25, -0.2) is 0 Å². The fourth-order valence-corrected chi connectivity index (χ4v) is 3.36. The molecular formula is C16H18O3. The van der Waals surface area contributed by atoms with Gasteiger partial charge >= 0.3 is 0 Å². The van der Waals surface area contributed by atoms with Crippen LogP contribution in [-0.2, 0) is 14.2 Å². The first kappa shape index (κ1) is 11.6. The molecule has 100 valence electrons. The Kier molecular flexibility index (Phi) is 2.40. The van der Waals surface area contributed by atoms with Crippen LogP contribution in [0.2, 0.25) is 0 Å². The fraction of sp³-hybridized carbons (Fsp3) is 0.500. The lowest BCUT2D eigenvalue weighted by Crippen LogP contribution is -2.30. The molecule has 4 rings (SSSR count). The van der Waals surface area contributed by atoms with Crippen LogP contribution in [0.15, 0.2) is 36.4 Å². The molecule has 3 heterocycles. The molecule has 0 unspecified atom stereocenters. The maximum Gasteiger partial charge on any atom is 0.164 e. The molecule has 0 aromatic heterocycles. The minimum atomic E-state index is -0.478. The summed E-state index contributed by atoms with van der Waals surface area (Å²) in [6.45, 7) is 3.95. The second-order valence-corrected chi connectivity index (χ2v) is 5.97. The van der Waals surface area contributed by atoms with Crippen molar-refractivity contribution in [3.63, 3.8) is 0 Å². The minimum Gasteiger partial charge on any atom is -0.365 e. The zero-order valence-electron chi connectivity index (χ0n) is 11.2. The molecule has 0 radical (unpaired) electrons. The molecule has 2 saturated heterocycles. The van der Waals surface area contributed by atoms with E-state index in [0.717, 1.165) is 6.42 Å². The lowest BCUT2D eigenvalue weighted by atomic mass is 9.98. The Bertz CT molecular complexity index is 520. The topological polar surface area (TPSA) is 27.7 Å². The van der Waals surface area contributed by atoms with Gasteiger partial charge in [-0.05, 0) is 31.1 Å². The normalized spacial score (nSPS) is 38.9. The summed E-state index contributed by atoms with van der Waals surface area (Å²) in [6.07, 6.45) is 3.37. The van der Waals surface area contributed by atoms with Gasteiger partial charge in [0, 0.05) is 6.42 Å². The van der Waals surface area contributed by atoms with E-state index in [1.807, 2.05) is 19.9 Å². The van der Waals surface area contributed by atoms with E-state index in [-0.39, 0.29) is 24.4 Å². The van der Waals surface area contributed by atoms with Crippen molar-refractivity contribution in [1.82, 2.24) is 0 Å². The molecule has 2 bridgehead atoms. The van der Waals surface area contributed by atoms with Gasteiger partial charge in [-0.15, -0.1) is 0 Å². The first-order chi connectivity index (χ1) is 9.12. The van der Waals surface area contributed by atoms with Crippen molar-refractivity contribution in [2.24, 2.45) is 0 Å². The first-order valence-corrected chi connectivity index (χ1v) is 6.90. The standard InChI is InChI=1S/C16H18O3/c1-16(2)18-14-12-8-11(10-6-4-3-5-7-10)9-13(17-12)15(14)19-16/h3-8,12-15H,9H2,1-2H3/t12-,13+,14-,15+/m0/s1. The van der Waals surface area contributed by atoms with Gasteiger partial charge < -0.3 is 14.2 Å². The second-order valence-electron chi connectivity index (χ2n) is 5.97. The molecule has 0 spiro atoms. The molecule has 19 heavy (non-hydrogen) atoms. The lowest BCUT2D eigenvalue weighted by molar-refractivity contribution is -0.182. The van der Waals surface area contributed by atoms with E-state index >= 15 is 0 Å². The Labute approximate surface area is 113 Å². The summed E-state index contributed by atoms with van der Waals surface area (Å²) < 4.78 is 18.0. The van der Waals surface area contributed by atoms with E-state index < -0.39 is 5.79 Å². The molecule has 1 aromatic rings. The van der Waals surface area contributed by atoms with Crippen molar-refractivity contribution in [1.29, 1.82) is 0 Å². The maximum atomic E-state index is 5.99. The number of rotatable bonds is 1. The van der Waals surface area contributed by atoms with Gasteiger partial charge in [-0.3, -0.25) is 0 Å². The predicted molar refractivity (Wildman–Crippen MR) is 71.5 cm³/mol. The van der Waals surface area contributed by atoms with Crippen LogP contribution in [-0.4, -0.2) is 30.2 Å². The van der Waals surface area contributed by atoms with Crippen LogP contribution in [0, 0.1) is 0 Å². The van der Waals surface area contributed by atoms with Gasteiger partial charge in [0.15, 0.2) is 5.79 Å². The van der Waals surface area contributed by atoms with E-state index in [4.69, 9.17) is 14.2 Å². The molecule has 3 heteroatoms. The molecule has 2 fully saturated rings. The molecule has 0 aliphatic carbocycles. The van der Waals surface area contributed by atoms with Gasteiger partial charge in [0.05, 0.1) is 6.10 Å². The van der Waals surface area contributed by atoms with Crippen LogP contribution in [0.25, 0.3) is 5.57 Å². The highest BCUT2D eigenvalue weighted by molar-refractivity contribution is 5.68. The largest absolute Gasteiger partial charge is 0.365 e. The summed E-state index contributed by atoms with van der Waals surface area (Å²) >= 11 is 0. The zero-order valence-corrected chi connectivity index (χ0v) is 11.2. The third-order valence-electron chi connectivity index (χ3n) is 4.12. The average Bonchev–Trinajstić information content (AvgIpc) is 2.85. The predicted octanol–water partition coefficient (Wildman–Crippen LogP) is 2.76. The van der Waals surface area contributed by atoms with Crippen LogP contribution >= 0.6 is 0 Å². The highest BCUT2D eigenvalue weighted by Crippen LogP contribution is 2.45. The third-order valence-corrected chi connectivity index (χ3v) is 4.12. The van der Waals surface area contributed by atoms with Crippen molar-refractivity contribution in [3.05, 3.63) is 42.0 Å². The van der Waals surface area contributed by atoms with Gasteiger partial charge in [-0.1, -0.05) is 30.3 Å². The van der Waals surface area contributed by atoms with Crippen LogP contribution in [0.3, 0.4) is 0 Å². The Morgan fingerprint density at radius 3 is 2.58 bits per heavy atom. The van der Waals surface area contributed by atoms with Crippen LogP contribution in [0.4, 0.5) is 0 Å². The van der Waals surface area contributed by atoms with Crippen molar-refractivity contribution in [2.45, 2.75) is 50.5 Å². The minimum absolute atomic E-state index is 0.0285. The number of hydrogen-bond donors (Lipinski definition) is 0. The molecule has 0 N–H and O–H groups in total. The SMILES string of the molecule is CC1(C)O[C@@H]2[C@H](O1)[C@H]1CC(c3ccccc3)=C[C@@H]2O1. The summed E-state index contributed by atoms with van der Waals surface area (Å²) in [5.74, 6) is -0.478. The maximum absolute atomic E-state index is 5.99. The Hall–Kier alpha value is -1.16. The Balaban J connectivity index is 1.65. The first-order valence-electron chi connectivity index (χ1n) is 6.90. The van der Waals surface area contributed by atoms with Gasteiger partial charge in [0.1, 0.15) is 18.3 Å². The summed E-state index contributed by atoms with van der Waals surface area (Å²) in [7, 11) is 0. The van der Waals surface area contributed by atoms with E-state index in [0.29, 0.717) is 0 Å². The number of hydrogen-bond acceptors (Lipinski definition) is 3. The summed E-state index contributed by atoms with van der Waals surface area (Å²) in [6, 6.07) is 10.5. The Morgan fingerprint density at radius 1 is 1.05 bits per heavy atom. The monoisotopic (exact) mass is 258 g/mol. The smallest absolute Gasteiger partial charge is 0.164 e. The van der Waals surface area contributed by atoms with Gasteiger partial charge in [0.2, 0.25) is 0 Å². The number of fused-ring (bicyclic) bond motifs is 5. The van der Waals surface area contributed by atoms with Gasteiger partial charge in [0.25, 0.3) is 0 Å². The van der Waals surface area contributed by atoms with E-state index in [1.54, 1.807) is 0 Å². The summed E-state index contributed by atoms with van der Waals surface area (Å²) in [5, 5.41) is 0. The molecule has 4 atom stereocenters. The Morgan fingerprint density at radius 2 is 1.79 bits per heavy atom. The van der Waals surface area contributed by atoms with Crippen LogP contribution in [0.5, 0.6) is 0 Å². The van der Waals surface area contributed by atoms with E-state index in [2.05, 4.69) is 30.3 Å². The van der Waals surface area contributed by atoms with Crippen molar-refractivity contribution in [3.8, 4) is 0 Å². The molecule has 0 amide bonds. The zero-order chi connectivity index (χ0) is 13.0. The molecule has 3 nitrogen and oxygen atoms in total. The second kappa shape index (κ2) is 3.92. The highest BCUT2D eigenvalue weighted by atomic mass is 16.8. The third kappa shape index (κ3) is 1.84. The summed E-state index contributed by atoms with van der Waals surface area (Å²) in [5.41, 5.74) is 2.63. The number of benzene rings is 1. The average molecular weight is 258 g/mol. The molecule has 3 aliphatic rings. The van der Waals surface area contributed by atoms with Crippen molar-refractivity contribution >= 4 is 5.57 Å².